The SMILES string of the molecule is NOC(=O)CC1CC1.[NaH]. The van der Waals surface area contributed by atoms with Crippen molar-refractivity contribution in [2.45, 2.75) is 19.3 Å². The molecule has 0 aromatic carbocycles. The first-order chi connectivity index (χ1) is 3.83. The van der Waals surface area contributed by atoms with Crippen LogP contribution in [0, 0.1) is 5.92 Å². The molecular weight excluding hydrogens is 129 g/mol. The number of carbonyl (C=O) groups is 1. The van der Waals surface area contributed by atoms with E-state index in [1.54, 1.807) is 0 Å². The van der Waals surface area contributed by atoms with Crippen molar-refractivity contribution in [2.75, 3.05) is 0 Å². The second-order valence-corrected chi connectivity index (χ2v) is 2.14. The second-order valence-electron chi connectivity index (χ2n) is 2.14. The molecule has 2 N–H and O–H groups in total. The minimum atomic E-state index is -0.285. The summed E-state index contributed by atoms with van der Waals surface area (Å²) in [6, 6.07) is 0. The first-order valence-corrected chi connectivity index (χ1v) is 2.72. The Bertz CT molecular complexity index is 103. The molecular formula is C5H10NNaO2. The van der Waals surface area contributed by atoms with Gasteiger partial charge in [-0.05, 0) is 18.8 Å². The van der Waals surface area contributed by atoms with Gasteiger partial charge in [0.1, 0.15) is 0 Å². The van der Waals surface area contributed by atoms with Crippen molar-refractivity contribution in [2.24, 2.45) is 11.8 Å². The van der Waals surface area contributed by atoms with Gasteiger partial charge in [0.2, 0.25) is 0 Å². The second kappa shape index (κ2) is 4.28. The van der Waals surface area contributed by atoms with Crippen LogP contribution < -0.4 is 5.90 Å². The van der Waals surface area contributed by atoms with E-state index in [-0.39, 0.29) is 35.5 Å². The third kappa shape index (κ3) is 3.92. The van der Waals surface area contributed by atoms with Crippen molar-refractivity contribution >= 4 is 35.5 Å². The van der Waals surface area contributed by atoms with E-state index in [9.17, 15) is 4.79 Å². The fraction of sp³-hybridized carbons (Fsp3) is 0.800. The molecule has 4 heteroatoms. The average Bonchev–Trinajstić information content (AvgIpc) is 2.50. The first kappa shape index (κ1) is 9.43. The van der Waals surface area contributed by atoms with E-state index in [1.165, 1.54) is 0 Å². The Hall–Kier alpha value is 0.430. The molecule has 0 unspecified atom stereocenters. The van der Waals surface area contributed by atoms with Crippen LogP contribution >= 0.6 is 0 Å². The summed E-state index contributed by atoms with van der Waals surface area (Å²) in [5.41, 5.74) is 0. The van der Waals surface area contributed by atoms with Crippen LogP contribution in [-0.2, 0) is 9.63 Å². The number of carbonyl (C=O) groups excluding carboxylic acids is 1. The Balaban J connectivity index is 0.000000640. The van der Waals surface area contributed by atoms with E-state index in [2.05, 4.69) is 10.7 Å². The third-order valence-corrected chi connectivity index (χ3v) is 1.28. The summed E-state index contributed by atoms with van der Waals surface area (Å²) in [5, 5.41) is 0. The molecule has 0 aromatic heterocycles. The van der Waals surface area contributed by atoms with Crippen LogP contribution in [0.25, 0.3) is 0 Å². The first-order valence-electron chi connectivity index (χ1n) is 2.72. The number of hydrogen-bond acceptors (Lipinski definition) is 3. The summed E-state index contributed by atoms with van der Waals surface area (Å²) in [7, 11) is 0. The van der Waals surface area contributed by atoms with Gasteiger partial charge in [0.05, 0.1) is 6.42 Å². The van der Waals surface area contributed by atoms with Crippen LogP contribution in [0.3, 0.4) is 0 Å². The number of nitrogens with two attached hydrogens (primary N) is 1. The zero-order chi connectivity index (χ0) is 5.98. The fourth-order valence-corrected chi connectivity index (χ4v) is 0.606. The van der Waals surface area contributed by atoms with E-state index in [0.29, 0.717) is 12.3 Å². The van der Waals surface area contributed by atoms with Crippen LogP contribution in [0.1, 0.15) is 19.3 Å². The normalized spacial score (nSPS) is 16.1. The molecule has 0 amide bonds. The van der Waals surface area contributed by atoms with Gasteiger partial charge in [0.25, 0.3) is 0 Å². The summed E-state index contributed by atoms with van der Waals surface area (Å²) in [6.45, 7) is 0. The molecule has 0 atom stereocenters. The predicted molar refractivity (Wildman–Crippen MR) is 34.8 cm³/mol. The molecule has 1 aliphatic carbocycles. The van der Waals surface area contributed by atoms with Crippen LogP contribution in [0.2, 0.25) is 0 Å². The van der Waals surface area contributed by atoms with Gasteiger partial charge in [-0.15, -0.1) is 0 Å². The van der Waals surface area contributed by atoms with E-state index in [1.807, 2.05) is 0 Å². The summed E-state index contributed by atoms with van der Waals surface area (Å²) < 4.78 is 0. The van der Waals surface area contributed by atoms with Gasteiger partial charge >= 0.3 is 35.5 Å². The summed E-state index contributed by atoms with van der Waals surface area (Å²) >= 11 is 0. The standard InChI is InChI=1S/C5H9NO2.Na.H/c6-8-5(7)3-4-1-2-4;;/h4H,1-3,6H2;;. The Kier molecular flexibility index (Phi) is 4.48. The molecule has 1 aliphatic rings. The van der Waals surface area contributed by atoms with Crippen molar-refractivity contribution in [3.63, 3.8) is 0 Å². The van der Waals surface area contributed by atoms with Crippen molar-refractivity contribution < 1.29 is 9.63 Å². The Labute approximate surface area is 76.2 Å². The molecule has 0 saturated heterocycles. The zero-order valence-corrected chi connectivity index (χ0v) is 4.59. The van der Waals surface area contributed by atoms with Crippen LogP contribution in [0.4, 0.5) is 0 Å². The van der Waals surface area contributed by atoms with Gasteiger partial charge in [-0.2, -0.15) is 5.90 Å². The summed E-state index contributed by atoms with van der Waals surface area (Å²) in [4.78, 5) is 14.3. The van der Waals surface area contributed by atoms with Gasteiger partial charge < -0.3 is 4.84 Å². The Morgan fingerprint density at radius 1 is 1.67 bits per heavy atom. The molecule has 0 heterocycles. The van der Waals surface area contributed by atoms with E-state index in [0.717, 1.165) is 12.8 Å². The topological polar surface area (TPSA) is 52.3 Å². The van der Waals surface area contributed by atoms with E-state index in [4.69, 9.17) is 0 Å². The molecule has 3 nitrogen and oxygen atoms in total. The molecule has 1 fully saturated rings. The Morgan fingerprint density at radius 3 is 2.56 bits per heavy atom. The van der Waals surface area contributed by atoms with Crippen LogP contribution in [0.15, 0.2) is 0 Å². The van der Waals surface area contributed by atoms with Crippen molar-refractivity contribution in [3.05, 3.63) is 0 Å². The van der Waals surface area contributed by atoms with Crippen LogP contribution in [-0.4, -0.2) is 35.5 Å². The molecule has 0 radical (unpaired) electrons. The van der Waals surface area contributed by atoms with E-state index < -0.39 is 0 Å². The van der Waals surface area contributed by atoms with Gasteiger partial charge in [-0.1, -0.05) is 0 Å². The summed E-state index contributed by atoms with van der Waals surface area (Å²) in [6.07, 6.45) is 2.83. The maximum atomic E-state index is 10.3. The molecule has 48 valence electrons. The van der Waals surface area contributed by atoms with E-state index >= 15 is 0 Å². The zero-order valence-electron chi connectivity index (χ0n) is 4.59. The third-order valence-electron chi connectivity index (χ3n) is 1.28. The van der Waals surface area contributed by atoms with Crippen molar-refractivity contribution in [1.82, 2.24) is 0 Å². The van der Waals surface area contributed by atoms with Gasteiger partial charge in [0.15, 0.2) is 0 Å². The monoisotopic (exact) mass is 139 g/mol. The quantitative estimate of drug-likeness (QED) is 0.416. The summed E-state index contributed by atoms with van der Waals surface area (Å²) in [5.74, 6) is 4.89. The molecule has 1 rings (SSSR count). The van der Waals surface area contributed by atoms with Crippen LogP contribution in [0.5, 0.6) is 0 Å². The predicted octanol–water partition coefficient (Wildman–Crippen LogP) is -0.445. The minimum absolute atomic E-state index is 0. The van der Waals surface area contributed by atoms with Gasteiger partial charge in [-0.3, -0.25) is 4.79 Å². The average molecular weight is 139 g/mol. The Morgan fingerprint density at radius 2 is 2.22 bits per heavy atom. The van der Waals surface area contributed by atoms with Crippen molar-refractivity contribution in [1.29, 1.82) is 0 Å². The van der Waals surface area contributed by atoms with Gasteiger partial charge in [0, 0.05) is 0 Å². The molecule has 1 saturated carbocycles. The van der Waals surface area contributed by atoms with Gasteiger partial charge in [-0.25, -0.2) is 0 Å². The van der Waals surface area contributed by atoms with Crippen molar-refractivity contribution in [3.8, 4) is 0 Å². The molecule has 9 heavy (non-hydrogen) atoms. The molecule has 0 spiro atoms. The maximum absolute atomic E-state index is 10.3. The molecule has 0 aromatic rings. The molecule has 0 bridgehead atoms. The molecule has 0 aliphatic heterocycles. The number of hydrogen-bond donors (Lipinski definition) is 1. The number of rotatable bonds is 2. The fourth-order valence-electron chi connectivity index (χ4n) is 0.606.